The van der Waals surface area contributed by atoms with Gasteiger partial charge in [-0.25, -0.2) is 0 Å². The van der Waals surface area contributed by atoms with Gasteiger partial charge >= 0.3 is 0 Å². The minimum atomic E-state index is -0.858. The van der Waals surface area contributed by atoms with Crippen LogP contribution in [0.15, 0.2) is 0 Å². The van der Waals surface area contributed by atoms with Crippen LogP contribution in [0.25, 0.3) is 0 Å². The van der Waals surface area contributed by atoms with E-state index < -0.39 is 5.60 Å². The summed E-state index contributed by atoms with van der Waals surface area (Å²) < 4.78 is 4.71. The quantitative estimate of drug-likeness (QED) is 0.558. The molecule has 2 nitrogen and oxygen atoms in total. The standard InChI is InChI=1S/C7H12O2/c1-4-5-7(2,8)6-9-3/h1,8H,5-6H2,2-3H3. The molecule has 1 atom stereocenters. The molecule has 1 N–H and O–H groups in total. The summed E-state index contributed by atoms with van der Waals surface area (Å²) in [7, 11) is 1.53. The first kappa shape index (κ1) is 8.48. The van der Waals surface area contributed by atoms with Crippen LogP contribution in [0, 0.1) is 12.3 Å². The fourth-order valence-corrected chi connectivity index (χ4v) is 0.582. The van der Waals surface area contributed by atoms with Crippen molar-refractivity contribution >= 4 is 0 Å². The molecule has 0 radical (unpaired) electrons. The molecule has 0 heterocycles. The molecule has 1 unspecified atom stereocenters. The van der Waals surface area contributed by atoms with Crippen LogP contribution >= 0.6 is 0 Å². The molecule has 0 bridgehead atoms. The van der Waals surface area contributed by atoms with Crippen molar-refractivity contribution in [3.63, 3.8) is 0 Å². The van der Waals surface area contributed by atoms with Crippen molar-refractivity contribution in [2.45, 2.75) is 18.9 Å². The van der Waals surface area contributed by atoms with Crippen molar-refractivity contribution in [2.75, 3.05) is 13.7 Å². The van der Waals surface area contributed by atoms with E-state index in [-0.39, 0.29) is 6.61 Å². The molecule has 0 aromatic heterocycles. The smallest absolute Gasteiger partial charge is 0.0960 e. The Labute approximate surface area is 55.8 Å². The summed E-state index contributed by atoms with van der Waals surface area (Å²) in [6.45, 7) is 1.94. The van der Waals surface area contributed by atoms with E-state index in [0.717, 1.165) is 0 Å². The van der Waals surface area contributed by atoms with Crippen LogP contribution in [0.1, 0.15) is 13.3 Å². The number of ether oxygens (including phenoxy) is 1. The summed E-state index contributed by atoms with van der Waals surface area (Å²) in [5.41, 5.74) is -0.858. The molecule has 9 heavy (non-hydrogen) atoms. The third-order valence-corrected chi connectivity index (χ3v) is 0.938. The Kier molecular flexibility index (Phi) is 3.29. The largest absolute Gasteiger partial charge is 0.387 e. The highest BCUT2D eigenvalue weighted by atomic mass is 16.5. The zero-order valence-corrected chi connectivity index (χ0v) is 5.85. The van der Waals surface area contributed by atoms with Crippen LogP contribution in [0.5, 0.6) is 0 Å². The van der Waals surface area contributed by atoms with Gasteiger partial charge in [-0.1, -0.05) is 0 Å². The second kappa shape index (κ2) is 3.49. The number of methoxy groups -OCH3 is 1. The lowest BCUT2D eigenvalue weighted by Crippen LogP contribution is -2.29. The van der Waals surface area contributed by atoms with E-state index in [0.29, 0.717) is 6.42 Å². The molecule has 0 aromatic carbocycles. The molecular formula is C7H12O2. The van der Waals surface area contributed by atoms with Crippen molar-refractivity contribution in [3.8, 4) is 12.3 Å². The molecular weight excluding hydrogens is 116 g/mol. The minimum absolute atomic E-state index is 0.289. The Bertz CT molecular complexity index is 111. The Hall–Kier alpha value is -0.520. The summed E-state index contributed by atoms with van der Waals surface area (Å²) in [6, 6.07) is 0. The number of hydrogen-bond acceptors (Lipinski definition) is 2. The molecule has 0 spiro atoms. The van der Waals surface area contributed by atoms with Crippen LogP contribution in [-0.4, -0.2) is 24.4 Å². The Morgan fingerprint density at radius 1 is 1.78 bits per heavy atom. The number of rotatable bonds is 3. The van der Waals surface area contributed by atoms with Crippen molar-refractivity contribution in [1.82, 2.24) is 0 Å². The third-order valence-electron chi connectivity index (χ3n) is 0.938. The summed E-state index contributed by atoms with van der Waals surface area (Å²) in [4.78, 5) is 0. The normalized spacial score (nSPS) is 16.2. The molecule has 0 aliphatic heterocycles. The first-order valence-electron chi connectivity index (χ1n) is 2.77. The van der Waals surface area contributed by atoms with Gasteiger partial charge in [0.1, 0.15) is 0 Å². The van der Waals surface area contributed by atoms with E-state index in [2.05, 4.69) is 5.92 Å². The lowest BCUT2D eigenvalue weighted by atomic mass is 10.1. The van der Waals surface area contributed by atoms with Crippen molar-refractivity contribution in [1.29, 1.82) is 0 Å². The molecule has 2 heteroatoms. The maximum Gasteiger partial charge on any atom is 0.0960 e. The van der Waals surface area contributed by atoms with E-state index in [4.69, 9.17) is 11.2 Å². The van der Waals surface area contributed by atoms with Gasteiger partial charge in [-0.2, -0.15) is 0 Å². The minimum Gasteiger partial charge on any atom is -0.387 e. The molecule has 0 rings (SSSR count). The third kappa shape index (κ3) is 4.01. The lowest BCUT2D eigenvalue weighted by Gasteiger charge is -2.18. The Balaban J connectivity index is 3.59. The van der Waals surface area contributed by atoms with Crippen LogP contribution in [0.4, 0.5) is 0 Å². The van der Waals surface area contributed by atoms with Crippen LogP contribution in [0.2, 0.25) is 0 Å². The first-order valence-corrected chi connectivity index (χ1v) is 2.77. The maximum absolute atomic E-state index is 9.25. The number of terminal acetylenes is 1. The summed E-state index contributed by atoms with van der Waals surface area (Å²) in [6.07, 6.45) is 5.31. The topological polar surface area (TPSA) is 29.5 Å². The molecule has 0 aliphatic carbocycles. The fraction of sp³-hybridized carbons (Fsp3) is 0.714. The zero-order chi connectivity index (χ0) is 7.33. The van der Waals surface area contributed by atoms with E-state index in [1.54, 1.807) is 6.92 Å². The SMILES string of the molecule is C#CCC(C)(O)COC. The summed E-state index contributed by atoms with van der Waals surface area (Å²) >= 11 is 0. The second-order valence-electron chi connectivity index (χ2n) is 2.31. The van der Waals surface area contributed by atoms with Gasteiger partial charge in [-0.05, 0) is 6.92 Å². The Morgan fingerprint density at radius 3 is 2.67 bits per heavy atom. The predicted octanol–water partition coefficient (Wildman–Crippen LogP) is 0.407. The second-order valence-corrected chi connectivity index (χ2v) is 2.31. The van der Waals surface area contributed by atoms with Crippen molar-refractivity contribution in [3.05, 3.63) is 0 Å². The van der Waals surface area contributed by atoms with Gasteiger partial charge in [0, 0.05) is 13.5 Å². The van der Waals surface area contributed by atoms with Gasteiger partial charge in [0.15, 0.2) is 0 Å². The summed E-state index contributed by atoms with van der Waals surface area (Å²) in [5, 5.41) is 9.25. The van der Waals surface area contributed by atoms with E-state index >= 15 is 0 Å². The summed E-state index contributed by atoms with van der Waals surface area (Å²) in [5.74, 6) is 2.36. The van der Waals surface area contributed by atoms with Crippen LogP contribution < -0.4 is 0 Å². The fourth-order valence-electron chi connectivity index (χ4n) is 0.582. The van der Waals surface area contributed by atoms with Gasteiger partial charge in [0.2, 0.25) is 0 Å². The monoisotopic (exact) mass is 128 g/mol. The molecule has 0 saturated heterocycles. The molecule has 0 fully saturated rings. The molecule has 0 aliphatic rings. The van der Waals surface area contributed by atoms with E-state index in [1.165, 1.54) is 7.11 Å². The molecule has 52 valence electrons. The van der Waals surface area contributed by atoms with Crippen LogP contribution in [-0.2, 0) is 4.74 Å². The van der Waals surface area contributed by atoms with Gasteiger partial charge in [0.25, 0.3) is 0 Å². The number of aliphatic hydroxyl groups is 1. The average Bonchev–Trinajstić information content (AvgIpc) is 1.64. The van der Waals surface area contributed by atoms with E-state index in [9.17, 15) is 5.11 Å². The van der Waals surface area contributed by atoms with Gasteiger partial charge < -0.3 is 9.84 Å². The zero-order valence-electron chi connectivity index (χ0n) is 5.85. The van der Waals surface area contributed by atoms with Gasteiger partial charge in [-0.3, -0.25) is 0 Å². The van der Waals surface area contributed by atoms with Gasteiger partial charge in [0.05, 0.1) is 12.2 Å². The van der Waals surface area contributed by atoms with Gasteiger partial charge in [-0.15, -0.1) is 12.3 Å². The van der Waals surface area contributed by atoms with Crippen molar-refractivity contribution in [2.24, 2.45) is 0 Å². The number of hydrogen-bond donors (Lipinski definition) is 1. The highest BCUT2D eigenvalue weighted by Gasteiger charge is 2.17. The average molecular weight is 128 g/mol. The van der Waals surface area contributed by atoms with E-state index in [1.807, 2.05) is 0 Å². The lowest BCUT2D eigenvalue weighted by molar-refractivity contribution is -0.0125. The molecule has 0 saturated carbocycles. The van der Waals surface area contributed by atoms with Crippen molar-refractivity contribution < 1.29 is 9.84 Å². The predicted molar refractivity (Wildman–Crippen MR) is 35.9 cm³/mol. The highest BCUT2D eigenvalue weighted by molar-refractivity contribution is 4.92. The molecule has 0 amide bonds. The maximum atomic E-state index is 9.25. The molecule has 0 aromatic rings. The highest BCUT2D eigenvalue weighted by Crippen LogP contribution is 2.06. The Morgan fingerprint density at radius 2 is 2.33 bits per heavy atom. The van der Waals surface area contributed by atoms with Crippen LogP contribution in [0.3, 0.4) is 0 Å². The first-order chi connectivity index (χ1) is 4.12.